The molecule has 0 radical (unpaired) electrons. The summed E-state index contributed by atoms with van der Waals surface area (Å²) in [5.41, 5.74) is 9.03. The molecule has 0 aliphatic heterocycles. The highest BCUT2D eigenvalue weighted by atomic mass is 33.1. The Morgan fingerprint density at radius 2 is 0.690 bits per heavy atom. The maximum absolute atomic E-state index is 13.7. The third-order valence-electron chi connectivity index (χ3n) is 15.3. The molecular formula is C76H104F5N21OS10. The predicted octanol–water partition coefficient (Wildman–Crippen LogP) is 17.2. The lowest BCUT2D eigenvalue weighted by Crippen LogP contribution is -2.14. The van der Waals surface area contributed by atoms with Crippen molar-refractivity contribution in [3.8, 4) is 62.0 Å². The SMILES string of the molecule is CN(C)CCSSCCCn1cc(-c2ccc(F)c(F)c2)nn1.CN(C)CCSSCCn1cc(-c2ccc(F)cc2)nn1.CN(C)CCSSCCn1cc(-c2ccc(F)cc2F)nn1.COc1cc(C)cc(-c2cn(CCCSSCCN(C)C)nn2)c1.[C-]#[N+]c1ccc(-c2cn(CCCSSCCN(C)C)nn2)cc1. The van der Waals surface area contributed by atoms with Crippen LogP contribution in [0.4, 0.5) is 27.6 Å². The van der Waals surface area contributed by atoms with E-state index in [1.807, 2.05) is 166 Å². The number of hydrogen-bond donors (Lipinski definition) is 0. The molecule has 0 saturated heterocycles. The molecule has 0 atom stereocenters. The lowest BCUT2D eigenvalue weighted by Gasteiger charge is -2.07. The largest absolute Gasteiger partial charge is 0.497 e. The van der Waals surface area contributed by atoms with E-state index in [1.165, 1.54) is 36.1 Å². The first-order chi connectivity index (χ1) is 54.5. The molecule has 22 nitrogen and oxygen atoms in total. The smallest absolute Gasteiger partial charge is 0.187 e. The third-order valence-corrected chi connectivity index (χ3v) is 27.5. The van der Waals surface area contributed by atoms with Gasteiger partial charge >= 0.3 is 0 Å². The Morgan fingerprint density at radius 1 is 0.345 bits per heavy atom. The van der Waals surface area contributed by atoms with E-state index in [-0.39, 0.29) is 11.4 Å². The second-order valence-corrected chi connectivity index (χ2v) is 39.8. The Kier molecular flexibility index (Phi) is 47.2. The number of nitrogens with zero attached hydrogens (tertiary/aromatic N) is 21. The Balaban J connectivity index is 0.000000220. The van der Waals surface area contributed by atoms with E-state index >= 15 is 0 Å². The minimum absolute atomic E-state index is 0.239. The van der Waals surface area contributed by atoms with Crippen molar-refractivity contribution in [1.82, 2.24) is 99.5 Å². The second-order valence-electron chi connectivity index (χ2n) is 26.3. The summed E-state index contributed by atoms with van der Waals surface area (Å²) >= 11 is 0. The molecule has 5 aromatic heterocycles. The van der Waals surface area contributed by atoms with E-state index in [9.17, 15) is 22.0 Å². The second kappa shape index (κ2) is 55.6. The molecule has 0 amide bonds. The lowest BCUT2D eigenvalue weighted by molar-refractivity contribution is 0.414. The van der Waals surface area contributed by atoms with Crippen LogP contribution >= 0.6 is 108 Å². The number of benzene rings is 5. The van der Waals surface area contributed by atoms with Gasteiger partial charge in [-0.3, -0.25) is 23.4 Å². The Labute approximate surface area is 703 Å². The molecule has 0 spiro atoms. The molecule has 37 heteroatoms. The summed E-state index contributed by atoms with van der Waals surface area (Å²) in [5.74, 6) is 8.47. The molecule has 0 saturated carbocycles. The predicted molar refractivity (Wildman–Crippen MR) is 476 cm³/mol. The van der Waals surface area contributed by atoms with Crippen LogP contribution in [-0.2, 0) is 32.7 Å². The van der Waals surface area contributed by atoms with Gasteiger partial charge in [-0.15, -0.1) is 25.5 Å². The molecule has 614 valence electrons. The van der Waals surface area contributed by atoms with Crippen LogP contribution in [0.5, 0.6) is 5.75 Å². The molecule has 0 unspecified atom stereocenters. The van der Waals surface area contributed by atoms with Gasteiger partial charge in [0, 0.05) is 144 Å². The minimum Gasteiger partial charge on any atom is -0.497 e. The van der Waals surface area contributed by atoms with Crippen molar-refractivity contribution >= 4 is 114 Å². The molecular weight excluding hydrogens is 1640 g/mol. The summed E-state index contributed by atoms with van der Waals surface area (Å²) in [5, 5.41) is 41.1. The average Bonchev–Trinajstić information content (AvgIpc) is 1.78. The molecule has 0 N–H and O–H groups in total. The molecule has 0 bridgehead atoms. The van der Waals surface area contributed by atoms with E-state index < -0.39 is 23.3 Å². The standard InChI is InChI=1S/C17H26N4OS2.C16H21N5S2.C15H20F2N4S2.C14H18F2N4S2.C14H19FN4S2/c1-14-10-15(12-16(11-14)22-4)17-13-21(19-18-17)6-5-8-23-24-9-7-20(2)3;1-17-15-7-5-14(6-8-15)16-13-21(19-18-16)9-4-11-22-23-12-10-20(2)3;1-20(2)7-9-23-22-8-3-6-21-11-15(18-19-21)12-4-5-13(16)14(17)10-12;1-19(2)5-7-21-22-8-6-20-10-14(17-18-20)12-4-3-11(15)9-13(12)16;1-18(2)7-9-20-21-10-8-19-11-14(16-17-19)12-3-5-13(15)6-4-12/h10-13H,5-9H2,1-4H3;5-8,13H,4,9-12H2,2-3H3;4-5,10-11H,3,6-9H2,1-2H3;3-4,9-10H,5-8H2,1-2H3;3-6,11H,7-10H2,1-2H3. The van der Waals surface area contributed by atoms with Gasteiger partial charge in [0.05, 0.1) is 57.8 Å². The van der Waals surface area contributed by atoms with Crippen LogP contribution in [0.1, 0.15) is 24.8 Å². The van der Waals surface area contributed by atoms with E-state index in [0.717, 1.165) is 193 Å². The van der Waals surface area contributed by atoms with Crippen LogP contribution < -0.4 is 4.74 Å². The van der Waals surface area contributed by atoms with Gasteiger partial charge in [-0.25, -0.2) is 26.8 Å². The van der Waals surface area contributed by atoms with Crippen molar-refractivity contribution < 1.29 is 26.7 Å². The van der Waals surface area contributed by atoms with Crippen LogP contribution in [0.15, 0.2) is 134 Å². The third kappa shape index (κ3) is 40.2. The van der Waals surface area contributed by atoms with Crippen LogP contribution in [0.3, 0.4) is 0 Å². The first-order valence-electron chi connectivity index (χ1n) is 36.3. The molecule has 10 aromatic rings. The highest BCUT2D eigenvalue weighted by molar-refractivity contribution is 8.77. The average molecular weight is 1740 g/mol. The highest BCUT2D eigenvalue weighted by Gasteiger charge is 2.14. The summed E-state index contributed by atoms with van der Waals surface area (Å²) < 4.78 is 80.0. The first-order valence-corrected chi connectivity index (χ1v) is 48.8. The minimum atomic E-state index is -0.872. The number of aryl methyl sites for hydroxylation is 6. The molecule has 113 heavy (non-hydrogen) atoms. The summed E-state index contributed by atoms with van der Waals surface area (Å²) in [6.45, 7) is 18.6. The van der Waals surface area contributed by atoms with Crippen molar-refractivity contribution in [2.24, 2.45) is 0 Å². The highest BCUT2D eigenvalue weighted by Crippen LogP contribution is 2.30. The number of hydrogen-bond acceptors (Lipinski definition) is 26. The lowest BCUT2D eigenvalue weighted by atomic mass is 10.1. The molecule has 0 aliphatic carbocycles. The number of halogens is 5. The molecule has 5 heterocycles. The van der Waals surface area contributed by atoms with Gasteiger partial charge in [-0.2, -0.15) is 0 Å². The molecule has 0 fully saturated rings. The van der Waals surface area contributed by atoms with Crippen molar-refractivity contribution in [2.75, 3.05) is 168 Å². The van der Waals surface area contributed by atoms with Gasteiger partial charge in [-0.1, -0.05) is 158 Å². The number of aromatic nitrogens is 15. The Bertz CT molecular complexity index is 4280. The first kappa shape index (κ1) is 95.9. The summed E-state index contributed by atoms with van der Waals surface area (Å²) in [6, 6.07) is 27.1. The van der Waals surface area contributed by atoms with Crippen molar-refractivity contribution in [1.29, 1.82) is 0 Å². The Morgan fingerprint density at radius 3 is 1.08 bits per heavy atom. The van der Waals surface area contributed by atoms with Crippen molar-refractivity contribution in [2.45, 2.75) is 58.9 Å². The molecule has 5 aromatic carbocycles. The van der Waals surface area contributed by atoms with Gasteiger partial charge in [0.2, 0.25) is 0 Å². The van der Waals surface area contributed by atoms with Crippen LogP contribution in [-0.4, -0.2) is 267 Å². The number of rotatable bonds is 44. The normalized spacial score (nSPS) is 11.2. The maximum atomic E-state index is 13.7. The number of methoxy groups -OCH3 is 1. The topological polar surface area (TPSA) is 183 Å². The van der Waals surface area contributed by atoms with Gasteiger partial charge in [0.1, 0.15) is 51.7 Å². The fourth-order valence-corrected chi connectivity index (χ4v) is 20.0. The van der Waals surface area contributed by atoms with E-state index in [1.54, 1.807) is 51.8 Å². The Hall–Kier alpha value is -5.96. The van der Waals surface area contributed by atoms with E-state index in [4.69, 9.17) is 11.3 Å². The van der Waals surface area contributed by atoms with Gasteiger partial charge < -0.3 is 29.2 Å². The van der Waals surface area contributed by atoms with Crippen LogP contribution in [0, 0.1) is 42.6 Å². The van der Waals surface area contributed by atoms with Crippen molar-refractivity contribution in [3.05, 3.63) is 180 Å². The number of ether oxygens (including phenoxy) is 1. The zero-order chi connectivity index (χ0) is 81.5. The zero-order valence-electron chi connectivity index (χ0n) is 66.2. The van der Waals surface area contributed by atoms with Gasteiger partial charge in [0.25, 0.3) is 0 Å². The van der Waals surface area contributed by atoms with E-state index in [0.29, 0.717) is 29.2 Å². The maximum Gasteiger partial charge on any atom is 0.187 e. The molecule has 0 aliphatic rings. The van der Waals surface area contributed by atoms with Gasteiger partial charge in [-0.05, 0) is 175 Å². The van der Waals surface area contributed by atoms with Crippen LogP contribution in [0.25, 0.3) is 61.1 Å². The summed E-state index contributed by atoms with van der Waals surface area (Å²) in [7, 11) is 41.3. The summed E-state index contributed by atoms with van der Waals surface area (Å²) in [6.07, 6.45) is 12.5. The van der Waals surface area contributed by atoms with Crippen molar-refractivity contribution in [3.63, 3.8) is 0 Å². The summed E-state index contributed by atoms with van der Waals surface area (Å²) in [4.78, 5) is 14.3. The van der Waals surface area contributed by atoms with E-state index in [2.05, 4.69) is 164 Å². The fraction of sp³-hybridized carbons (Fsp3) is 0.461. The fourth-order valence-electron chi connectivity index (χ4n) is 9.19. The zero-order valence-corrected chi connectivity index (χ0v) is 74.4. The quantitative estimate of drug-likeness (QED) is 0.0152. The van der Waals surface area contributed by atoms with Crippen LogP contribution in [0.2, 0.25) is 0 Å². The van der Waals surface area contributed by atoms with Gasteiger partial charge in [0.15, 0.2) is 17.3 Å². The monoisotopic (exact) mass is 1740 g/mol. The molecule has 10 rings (SSSR count).